The maximum absolute atomic E-state index is 5.92. The van der Waals surface area contributed by atoms with Crippen molar-refractivity contribution < 1.29 is 4.42 Å². The highest BCUT2D eigenvalue weighted by molar-refractivity contribution is 5.53. The minimum absolute atomic E-state index is 0.144. The van der Waals surface area contributed by atoms with Gasteiger partial charge in [0.25, 0.3) is 0 Å². The summed E-state index contributed by atoms with van der Waals surface area (Å²) in [5.74, 6) is 1.27. The van der Waals surface area contributed by atoms with Crippen LogP contribution < -0.4 is 0 Å². The SMILES string of the molecule is CC(C)(C)c1ccc(-c2nnc(Cc3ccc4c(c3)CCCC4)o2)cc1. The molecule has 134 valence electrons. The van der Waals surface area contributed by atoms with E-state index >= 15 is 0 Å². The number of rotatable bonds is 3. The number of hydrogen-bond acceptors (Lipinski definition) is 3. The highest BCUT2D eigenvalue weighted by Crippen LogP contribution is 2.27. The zero-order chi connectivity index (χ0) is 18.1. The second kappa shape index (κ2) is 6.71. The molecule has 1 aliphatic rings. The van der Waals surface area contributed by atoms with Gasteiger partial charge >= 0.3 is 0 Å². The third-order valence-electron chi connectivity index (χ3n) is 5.23. The van der Waals surface area contributed by atoms with E-state index in [0.29, 0.717) is 18.2 Å². The van der Waals surface area contributed by atoms with Crippen LogP contribution in [0.2, 0.25) is 0 Å². The summed E-state index contributed by atoms with van der Waals surface area (Å²) in [5.41, 5.74) is 6.67. The third-order valence-corrected chi connectivity index (χ3v) is 5.23. The van der Waals surface area contributed by atoms with Crippen LogP contribution >= 0.6 is 0 Å². The number of nitrogens with zero attached hydrogens (tertiary/aromatic N) is 2. The lowest BCUT2D eigenvalue weighted by Crippen LogP contribution is -2.10. The fourth-order valence-electron chi connectivity index (χ4n) is 3.63. The van der Waals surface area contributed by atoms with Gasteiger partial charge in [-0.05, 0) is 65.5 Å². The Bertz CT molecular complexity index is 901. The van der Waals surface area contributed by atoms with E-state index in [0.717, 1.165) is 5.56 Å². The topological polar surface area (TPSA) is 38.9 Å². The lowest BCUT2D eigenvalue weighted by molar-refractivity contribution is 0.517. The second-order valence-corrected chi connectivity index (χ2v) is 8.32. The Morgan fingerprint density at radius 1 is 0.885 bits per heavy atom. The molecule has 1 aliphatic carbocycles. The summed E-state index contributed by atoms with van der Waals surface area (Å²) in [7, 11) is 0. The Balaban J connectivity index is 1.51. The van der Waals surface area contributed by atoms with E-state index in [1.54, 1.807) is 0 Å². The van der Waals surface area contributed by atoms with Gasteiger partial charge in [0.15, 0.2) is 0 Å². The van der Waals surface area contributed by atoms with E-state index < -0.39 is 0 Å². The predicted molar refractivity (Wildman–Crippen MR) is 104 cm³/mol. The van der Waals surface area contributed by atoms with Crippen LogP contribution in [0.3, 0.4) is 0 Å². The van der Waals surface area contributed by atoms with Crippen LogP contribution in [0.1, 0.15) is 61.8 Å². The zero-order valence-electron chi connectivity index (χ0n) is 15.9. The largest absolute Gasteiger partial charge is 0.420 e. The zero-order valence-corrected chi connectivity index (χ0v) is 15.9. The number of aromatic nitrogens is 2. The first kappa shape index (κ1) is 17.0. The highest BCUT2D eigenvalue weighted by atomic mass is 16.4. The molecule has 0 fully saturated rings. The summed E-state index contributed by atoms with van der Waals surface area (Å²) in [6.07, 6.45) is 5.71. The molecule has 0 radical (unpaired) electrons. The normalized spacial score (nSPS) is 14.3. The first-order valence-corrected chi connectivity index (χ1v) is 9.53. The fourth-order valence-corrected chi connectivity index (χ4v) is 3.63. The van der Waals surface area contributed by atoms with Gasteiger partial charge in [-0.15, -0.1) is 10.2 Å². The molecule has 0 aliphatic heterocycles. The maximum Gasteiger partial charge on any atom is 0.247 e. The summed E-state index contributed by atoms with van der Waals surface area (Å²) < 4.78 is 5.92. The molecule has 3 nitrogen and oxygen atoms in total. The first-order chi connectivity index (χ1) is 12.5. The monoisotopic (exact) mass is 346 g/mol. The second-order valence-electron chi connectivity index (χ2n) is 8.32. The molecule has 4 rings (SSSR count). The summed E-state index contributed by atoms with van der Waals surface area (Å²) in [5, 5.41) is 8.50. The molecular formula is C23H26N2O. The van der Waals surface area contributed by atoms with Crippen LogP contribution in [-0.4, -0.2) is 10.2 Å². The van der Waals surface area contributed by atoms with Gasteiger partial charge in [-0.1, -0.05) is 51.1 Å². The molecule has 3 heteroatoms. The van der Waals surface area contributed by atoms with Crippen molar-refractivity contribution >= 4 is 0 Å². The molecule has 0 unspecified atom stereocenters. The van der Waals surface area contributed by atoms with Crippen LogP contribution in [0.25, 0.3) is 11.5 Å². The third kappa shape index (κ3) is 3.57. The molecule has 0 amide bonds. The Morgan fingerprint density at radius 3 is 2.35 bits per heavy atom. The Labute approximate surface area is 155 Å². The minimum Gasteiger partial charge on any atom is -0.420 e. The van der Waals surface area contributed by atoms with Gasteiger partial charge in [0.05, 0.1) is 6.42 Å². The van der Waals surface area contributed by atoms with Gasteiger partial charge < -0.3 is 4.42 Å². The van der Waals surface area contributed by atoms with Gasteiger partial charge in [0.1, 0.15) is 0 Å². The van der Waals surface area contributed by atoms with E-state index in [4.69, 9.17) is 4.42 Å². The Kier molecular flexibility index (Phi) is 4.39. The lowest BCUT2D eigenvalue weighted by Gasteiger charge is -2.18. The van der Waals surface area contributed by atoms with Crippen molar-refractivity contribution in [1.82, 2.24) is 10.2 Å². The maximum atomic E-state index is 5.92. The van der Waals surface area contributed by atoms with Crippen LogP contribution in [0, 0.1) is 0 Å². The van der Waals surface area contributed by atoms with Gasteiger partial charge in [-0.2, -0.15) is 0 Å². The summed E-state index contributed by atoms with van der Waals surface area (Å²) in [4.78, 5) is 0. The molecule has 3 aromatic rings. The van der Waals surface area contributed by atoms with Crippen molar-refractivity contribution in [3.05, 3.63) is 70.6 Å². The van der Waals surface area contributed by atoms with Crippen LogP contribution in [-0.2, 0) is 24.7 Å². The summed E-state index contributed by atoms with van der Waals surface area (Å²) in [6.45, 7) is 6.64. The van der Waals surface area contributed by atoms with E-state index in [9.17, 15) is 0 Å². The molecule has 0 spiro atoms. The van der Waals surface area contributed by atoms with Gasteiger partial charge in [0.2, 0.25) is 11.8 Å². The first-order valence-electron chi connectivity index (χ1n) is 9.53. The van der Waals surface area contributed by atoms with Crippen molar-refractivity contribution in [2.45, 2.75) is 58.3 Å². The molecule has 0 saturated heterocycles. The molecule has 0 saturated carbocycles. The van der Waals surface area contributed by atoms with Crippen molar-refractivity contribution in [2.75, 3.05) is 0 Å². The molecule has 0 N–H and O–H groups in total. The van der Waals surface area contributed by atoms with E-state index in [1.165, 1.54) is 47.9 Å². The molecule has 2 aromatic carbocycles. The fraction of sp³-hybridized carbons (Fsp3) is 0.391. The van der Waals surface area contributed by atoms with Crippen molar-refractivity contribution in [3.63, 3.8) is 0 Å². The molecule has 26 heavy (non-hydrogen) atoms. The number of benzene rings is 2. The van der Waals surface area contributed by atoms with Gasteiger partial charge in [0, 0.05) is 5.56 Å². The average Bonchev–Trinajstić information content (AvgIpc) is 3.09. The number of fused-ring (bicyclic) bond motifs is 1. The molecule has 0 bridgehead atoms. The van der Waals surface area contributed by atoms with Gasteiger partial charge in [-0.3, -0.25) is 0 Å². The van der Waals surface area contributed by atoms with E-state index in [2.05, 4.69) is 73.4 Å². The molecule has 0 atom stereocenters. The summed E-state index contributed by atoms with van der Waals surface area (Å²) in [6, 6.07) is 15.2. The van der Waals surface area contributed by atoms with Gasteiger partial charge in [-0.25, -0.2) is 0 Å². The molecular weight excluding hydrogens is 320 g/mol. The van der Waals surface area contributed by atoms with E-state index in [-0.39, 0.29) is 5.41 Å². The van der Waals surface area contributed by atoms with E-state index in [1.807, 2.05) is 0 Å². The smallest absolute Gasteiger partial charge is 0.247 e. The van der Waals surface area contributed by atoms with Crippen LogP contribution in [0.4, 0.5) is 0 Å². The standard InChI is InChI=1S/C23H26N2O/c1-23(2,3)20-12-10-18(11-13-20)22-25-24-21(26-22)15-16-8-9-17-6-4-5-7-19(17)14-16/h8-14H,4-7,15H2,1-3H3. The van der Waals surface area contributed by atoms with Crippen LogP contribution in [0.15, 0.2) is 46.9 Å². The number of hydrogen-bond donors (Lipinski definition) is 0. The van der Waals surface area contributed by atoms with Crippen molar-refractivity contribution in [1.29, 1.82) is 0 Å². The molecule has 1 aromatic heterocycles. The lowest BCUT2D eigenvalue weighted by atomic mass is 9.87. The quantitative estimate of drug-likeness (QED) is 0.628. The Hall–Kier alpha value is -2.42. The van der Waals surface area contributed by atoms with Crippen molar-refractivity contribution in [2.24, 2.45) is 0 Å². The predicted octanol–water partition coefficient (Wildman–Crippen LogP) is 5.50. The molecule has 1 heterocycles. The summed E-state index contributed by atoms with van der Waals surface area (Å²) >= 11 is 0. The Morgan fingerprint density at radius 2 is 1.62 bits per heavy atom. The van der Waals surface area contributed by atoms with Crippen LogP contribution in [0.5, 0.6) is 0 Å². The number of aryl methyl sites for hydroxylation is 2. The average molecular weight is 346 g/mol. The minimum atomic E-state index is 0.144. The highest BCUT2D eigenvalue weighted by Gasteiger charge is 2.15. The van der Waals surface area contributed by atoms with Crippen molar-refractivity contribution in [3.8, 4) is 11.5 Å².